The van der Waals surface area contributed by atoms with Crippen LogP contribution >= 0.6 is 0 Å². The average Bonchev–Trinajstić information content (AvgIpc) is 2.99. The highest BCUT2D eigenvalue weighted by Crippen LogP contribution is 2.26. The summed E-state index contributed by atoms with van der Waals surface area (Å²) in [6.07, 6.45) is 1.72. The van der Waals surface area contributed by atoms with Crippen molar-refractivity contribution in [2.24, 2.45) is 11.7 Å². The van der Waals surface area contributed by atoms with E-state index >= 15 is 0 Å². The first kappa shape index (κ1) is 16.8. The monoisotopic (exact) mass is 326 g/mol. The quantitative estimate of drug-likeness (QED) is 0.860. The summed E-state index contributed by atoms with van der Waals surface area (Å²) in [7, 11) is -3.57. The fourth-order valence-corrected chi connectivity index (χ4v) is 3.87. The number of primary amides is 1. The molecule has 0 bridgehead atoms. The second-order valence-corrected chi connectivity index (χ2v) is 7.78. The topological polar surface area (TPSA) is 89.7 Å². The van der Waals surface area contributed by atoms with Crippen molar-refractivity contribution >= 4 is 15.9 Å². The number of nitrogens with zero attached hydrogens (tertiary/aromatic N) is 1. The molecule has 0 atom stereocenters. The third-order valence-corrected chi connectivity index (χ3v) is 5.39. The Kier molecular flexibility index (Phi) is 5.08. The Balaban J connectivity index is 2.34. The smallest absolute Gasteiger partial charge is 0.252 e. The van der Waals surface area contributed by atoms with Crippen LogP contribution in [0.25, 0.3) is 0 Å². The van der Waals surface area contributed by atoms with Crippen molar-refractivity contribution in [1.29, 1.82) is 0 Å². The zero-order valence-electron chi connectivity index (χ0n) is 12.9. The number of carbonyl (C=O) groups is 1. The van der Waals surface area contributed by atoms with E-state index in [4.69, 9.17) is 10.5 Å². The highest BCUT2D eigenvalue weighted by molar-refractivity contribution is 7.89. The zero-order chi connectivity index (χ0) is 16.3. The van der Waals surface area contributed by atoms with E-state index in [0.717, 1.165) is 12.8 Å². The van der Waals surface area contributed by atoms with Gasteiger partial charge in [0.15, 0.2) is 0 Å². The van der Waals surface area contributed by atoms with Crippen LogP contribution in [0, 0.1) is 5.92 Å². The Morgan fingerprint density at radius 2 is 1.95 bits per heavy atom. The predicted molar refractivity (Wildman–Crippen MR) is 83.3 cm³/mol. The van der Waals surface area contributed by atoms with Crippen molar-refractivity contribution in [3.05, 3.63) is 23.8 Å². The lowest BCUT2D eigenvalue weighted by Gasteiger charge is -2.17. The van der Waals surface area contributed by atoms with E-state index in [0.29, 0.717) is 25.4 Å². The number of ether oxygens (including phenoxy) is 1. The van der Waals surface area contributed by atoms with Crippen LogP contribution in [0.15, 0.2) is 23.1 Å². The first-order valence-corrected chi connectivity index (χ1v) is 8.83. The van der Waals surface area contributed by atoms with Gasteiger partial charge in [-0.25, -0.2) is 8.42 Å². The van der Waals surface area contributed by atoms with E-state index in [1.54, 1.807) is 0 Å². The van der Waals surface area contributed by atoms with Gasteiger partial charge in [0.1, 0.15) is 5.75 Å². The molecule has 2 N–H and O–H groups in total. The van der Waals surface area contributed by atoms with Gasteiger partial charge < -0.3 is 10.5 Å². The molecule has 1 amide bonds. The minimum absolute atomic E-state index is 0.0834. The van der Waals surface area contributed by atoms with Crippen LogP contribution in [-0.4, -0.2) is 38.3 Å². The molecule has 0 aromatic heterocycles. The van der Waals surface area contributed by atoms with Crippen molar-refractivity contribution in [2.75, 3.05) is 19.7 Å². The van der Waals surface area contributed by atoms with E-state index in [-0.39, 0.29) is 16.4 Å². The van der Waals surface area contributed by atoms with Crippen LogP contribution < -0.4 is 10.5 Å². The minimum Gasteiger partial charge on any atom is -0.492 e. The molecule has 1 heterocycles. The van der Waals surface area contributed by atoms with Crippen LogP contribution in [-0.2, 0) is 10.0 Å². The van der Waals surface area contributed by atoms with Crippen molar-refractivity contribution in [1.82, 2.24) is 4.31 Å². The van der Waals surface area contributed by atoms with Gasteiger partial charge >= 0.3 is 0 Å². The Morgan fingerprint density at radius 1 is 1.32 bits per heavy atom. The molecule has 1 aliphatic rings. The molecule has 0 spiro atoms. The third kappa shape index (κ3) is 3.59. The third-order valence-electron chi connectivity index (χ3n) is 3.49. The fraction of sp³-hybridized carbons (Fsp3) is 0.533. The number of hydrogen-bond donors (Lipinski definition) is 1. The molecule has 1 aliphatic heterocycles. The summed E-state index contributed by atoms with van der Waals surface area (Å²) in [5.41, 5.74) is 5.46. The molecule has 0 aliphatic carbocycles. The molecular formula is C15H22N2O4S. The zero-order valence-corrected chi connectivity index (χ0v) is 13.7. The van der Waals surface area contributed by atoms with Crippen molar-refractivity contribution in [2.45, 2.75) is 31.6 Å². The Bertz CT molecular complexity index is 650. The number of rotatable bonds is 6. The van der Waals surface area contributed by atoms with Gasteiger partial charge in [0, 0.05) is 13.1 Å². The van der Waals surface area contributed by atoms with Crippen LogP contribution in [0.1, 0.15) is 37.0 Å². The first-order valence-electron chi connectivity index (χ1n) is 7.39. The van der Waals surface area contributed by atoms with Crippen LogP contribution in [0.4, 0.5) is 0 Å². The lowest BCUT2D eigenvalue weighted by atomic mass is 10.2. The highest BCUT2D eigenvalue weighted by atomic mass is 32.2. The molecule has 1 aromatic rings. The molecule has 1 saturated heterocycles. The molecule has 0 radical (unpaired) electrons. The van der Waals surface area contributed by atoms with Crippen molar-refractivity contribution in [3.8, 4) is 5.75 Å². The molecule has 6 nitrogen and oxygen atoms in total. The standard InChI is InChI=1S/C15H22N2O4S/c1-11(2)10-21-14-6-5-12(9-13(14)15(16)18)22(19,20)17-7-3-4-8-17/h5-6,9,11H,3-4,7-8,10H2,1-2H3,(H2,16,18). The summed E-state index contributed by atoms with van der Waals surface area (Å²) in [4.78, 5) is 11.7. The average molecular weight is 326 g/mol. The van der Waals surface area contributed by atoms with E-state index in [9.17, 15) is 13.2 Å². The highest BCUT2D eigenvalue weighted by Gasteiger charge is 2.28. The molecule has 22 heavy (non-hydrogen) atoms. The Labute approximate surface area is 131 Å². The van der Waals surface area contributed by atoms with Gasteiger partial charge in [0.25, 0.3) is 5.91 Å². The first-order chi connectivity index (χ1) is 10.3. The summed E-state index contributed by atoms with van der Waals surface area (Å²) >= 11 is 0. The summed E-state index contributed by atoms with van der Waals surface area (Å²) in [6, 6.07) is 4.28. The second-order valence-electron chi connectivity index (χ2n) is 5.84. The van der Waals surface area contributed by atoms with Gasteiger partial charge in [-0.2, -0.15) is 4.31 Å². The molecular weight excluding hydrogens is 304 g/mol. The van der Waals surface area contributed by atoms with Gasteiger partial charge in [-0.15, -0.1) is 0 Å². The van der Waals surface area contributed by atoms with Crippen LogP contribution in [0.2, 0.25) is 0 Å². The summed E-state index contributed by atoms with van der Waals surface area (Å²) in [5.74, 6) is -0.0902. The molecule has 1 fully saturated rings. The number of carbonyl (C=O) groups excluding carboxylic acids is 1. The maximum Gasteiger partial charge on any atom is 0.252 e. The number of sulfonamides is 1. The number of benzene rings is 1. The molecule has 122 valence electrons. The molecule has 0 saturated carbocycles. The maximum absolute atomic E-state index is 12.5. The minimum atomic E-state index is -3.57. The second kappa shape index (κ2) is 6.66. The van der Waals surface area contributed by atoms with Crippen LogP contribution in [0.5, 0.6) is 5.75 Å². The van der Waals surface area contributed by atoms with Gasteiger partial charge in [0.2, 0.25) is 10.0 Å². The SMILES string of the molecule is CC(C)COc1ccc(S(=O)(=O)N2CCCC2)cc1C(N)=O. The molecule has 1 aromatic carbocycles. The summed E-state index contributed by atoms with van der Waals surface area (Å²) < 4.78 is 32.0. The van der Waals surface area contributed by atoms with E-state index < -0.39 is 15.9 Å². The Morgan fingerprint density at radius 3 is 2.50 bits per heavy atom. The van der Waals surface area contributed by atoms with Gasteiger partial charge in [-0.1, -0.05) is 13.8 Å². The van der Waals surface area contributed by atoms with Gasteiger partial charge in [-0.3, -0.25) is 4.79 Å². The fourth-order valence-electron chi connectivity index (χ4n) is 2.32. The number of hydrogen-bond acceptors (Lipinski definition) is 4. The number of nitrogens with two attached hydrogens (primary N) is 1. The summed E-state index contributed by atoms with van der Waals surface area (Å²) in [6.45, 7) is 5.42. The lowest BCUT2D eigenvalue weighted by Crippen LogP contribution is -2.28. The van der Waals surface area contributed by atoms with E-state index in [1.165, 1.54) is 22.5 Å². The van der Waals surface area contributed by atoms with Gasteiger partial charge in [0.05, 0.1) is 17.1 Å². The largest absolute Gasteiger partial charge is 0.492 e. The molecule has 0 unspecified atom stereocenters. The lowest BCUT2D eigenvalue weighted by molar-refractivity contribution is 0.0995. The molecule has 7 heteroatoms. The van der Waals surface area contributed by atoms with E-state index in [1.807, 2.05) is 13.8 Å². The normalized spacial score (nSPS) is 16.1. The molecule has 2 rings (SSSR count). The van der Waals surface area contributed by atoms with Crippen molar-refractivity contribution in [3.63, 3.8) is 0 Å². The van der Waals surface area contributed by atoms with E-state index in [2.05, 4.69) is 0 Å². The maximum atomic E-state index is 12.5. The van der Waals surface area contributed by atoms with Crippen LogP contribution in [0.3, 0.4) is 0 Å². The Hall–Kier alpha value is -1.60. The summed E-state index contributed by atoms with van der Waals surface area (Å²) in [5, 5.41) is 0. The predicted octanol–water partition coefficient (Wildman–Crippen LogP) is 1.60. The van der Waals surface area contributed by atoms with Crippen molar-refractivity contribution < 1.29 is 17.9 Å². The van der Waals surface area contributed by atoms with Gasteiger partial charge in [-0.05, 0) is 37.0 Å². The number of amides is 1.